The summed E-state index contributed by atoms with van der Waals surface area (Å²) in [5.74, 6) is 1.02. The maximum absolute atomic E-state index is 5.34. The van der Waals surface area contributed by atoms with Crippen molar-refractivity contribution >= 4 is 0 Å². The van der Waals surface area contributed by atoms with Crippen molar-refractivity contribution in [1.82, 2.24) is 15.1 Å². The first-order chi connectivity index (χ1) is 8.69. The minimum Gasteiger partial charge on any atom is -0.469 e. The van der Waals surface area contributed by atoms with Gasteiger partial charge < -0.3 is 9.73 Å². The van der Waals surface area contributed by atoms with Crippen molar-refractivity contribution in [3.8, 4) is 0 Å². The highest BCUT2D eigenvalue weighted by molar-refractivity contribution is 5.10. The molecule has 0 aliphatic heterocycles. The van der Waals surface area contributed by atoms with E-state index in [2.05, 4.69) is 30.3 Å². The third kappa shape index (κ3) is 3.23. The van der Waals surface area contributed by atoms with Crippen LogP contribution in [-0.4, -0.2) is 15.8 Å². The maximum Gasteiger partial charge on any atom is 0.105 e. The summed E-state index contributed by atoms with van der Waals surface area (Å²) >= 11 is 0. The maximum atomic E-state index is 5.34. The van der Waals surface area contributed by atoms with Crippen LogP contribution in [0.3, 0.4) is 0 Å². The van der Waals surface area contributed by atoms with E-state index in [1.54, 1.807) is 6.26 Å². The minimum absolute atomic E-state index is 0.385. The molecule has 0 radical (unpaired) electrons. The van der Waals surface area contributed by atoms with Gasteiger partial charge in [0.05, 0.1) is 17.7 Å². The summed E-state index contributed by atoms with van der Waals surface area (Å²) in [7, 11) is 1.99. The Hall–Kier alpha value is -1.55. The monoisotopic (exact) mass is 247 g/mol. The summed E-state index contributed by atoms with van der Waals surface area (Å²) in [4.78, 5) is 0. The van der Waals surface area contributed by atoms with Crippen LogP contribution in [0.25, 0.3) is 0 Å². The Kier molecular flexibility index (Phi) is 4.20. The van der Waals surface area contributed by atoms with Crippen LogP contribution in [0.15, 0.2) is 28.9 Å². The van der Waals surface area contributed by atoms with E-state index in [9.17, 15) is 0 Å². The number of aromatic nitrogens is 2. The molecule has 1 unspecified atom stereocenters. The van der Waals surface area contributed by atoms with Gasteiger partial charge in [-0.25, -0.2) is 0 Å². The molecule has 98 valence electrons. The Morgan fingerprint density at radius 3 is 2.94 bits per heavy atom. The zero-order chi connectivity index (χ0) is 13.0. The lowest BCUT2D eigenvalue weighted by molar-refractivity contribution is 0.452. The molecule has 4 nitrogen and oxygen atoms in total. The number of hydrogen-bond donors (Lipinski definition) is 1. The summed E-state index contributed by atoms with van der Waals surface area (Å²) in [5, 5.41) is 7.94. The molecule has 2 aromatic heterocycles. The molecule has 0 aliphatic carbocycles. The van der Waals surface area contributed by atoms with Crippen LogP contribution in [-0.2, 0) is 26.4 Å². The first-order valence-corrected chi connectivity index (χ1v) is 6.46. The molecule has 2 aromatic rings. The Bertz CT molecular complexity index is 473. The van der Waals surface area contributed by atoms with Crippen LogP contribution < -0.4 is 5.32 Å². The van der Waals surface area contributed by atoms with Crippen molar-refractivity contribution < 1.29 is 4.42 Å². The molecule has 1 N–H and O–H groups in total. The van der Waals surface area contributed by atoms with Gasteiger partial charge in [0, 0.05) is 26.1 Å². The van der Waals surface area contributed by atoms with Gasteiger partial charge in [0.15, 0.2) is 0 Å². The number of rotatable bonds is 6. The average molecular weight is 247 g/mol. The molecule has 0 spiro atoms. The Labute approximate surface area is 108 Å². The number of nitrogens with one attached hydrogen (secondary N) is 1. The van der Waals surface area contributed by atoms with E-state index in [1.807, 2.05) is 23.9 Å². The third-order valence-corrected chi connectivity index (χ3v) is 3.11. The van der Waals surface area contributed by atoms with Gasteiger partial charge in [0.1, 0.15) is 5.76 Å². The van der Waals surface area contributed by atoms with Crippen LogP contribution in [0.2, 0.25) is 0 Å². The molecular formula is C14H21N3O. The van der Waals surface area contributed by atoms with Crippen molar-refractivity contribution in [2.45, 2.75) is 39.3 Å². The topological polar surface area (TPSA) is 43.0 Å². The lowest BCUT2D eigenvalue weighted by Gasteiger charge is -2.12. The van der Waals surface area contributed by atoms with Crippen LogP contribution in [0.5, 0.6) is 0 Å². The molecule has 2 rings (SSSR count). The average Bonchev–Trinajstić information content (AvgIpc) is 2.96. The predicted octanol–water partition coefficient (Wildman–Crippen LogP) is 2.30. The van der Waals surface area contributed by atoms with E-state index in [0.717, 1.165) is 30.8 Å². The van der Waals surface area contributed by atoms with Gasteiger partial charge in [0.25, 0.3) is 0 Å². The minimum atomic E-state index is 0.385. The Balaban J connectivity index is 1.85. The van der Waals surface area contributed by atoms with Gasteiger partial charge in [-0.3, -0.25) is 4.68 Å². The second-order valence-electron chi connectivity index (χ2n) is 4.67. The summed E-state index contributed by atoms with van der Waals surface area (Å²) in [6.45, 7) is 5.13. The number of furan rings is 1. The molecule has 18 heavy (non-hydrogen) atoms. The smallest absolute Gasteiger partial charge is 0.105 e. The summed E-state index contributed by atoms with van der Waals surface area (Å²) in [6.07, 6.45) is 3.61. The fourth-order valence-corrected chi connectivity index (χ4v) is 1.99. The zero-order valence-corrected chi connectivity index (χ0v) is 11.3. The molecular weight excluding hydrogens is 226 g/mol. The highest BCUT2D eigenvalue weighted by Gasteiger charge is 2.08. The summed E-state index contributed by atoms with van der Waals surface area (Å²) in [5.41, 5.74) is 2.37. The quantitative estimate of drug-likeness (QED) is 0.851. The third-order valence-electron chi connectivity index (χ3n) is 3.11. The molecule has 4 heteroatoms. The van der Waals surface area contributed by atoms with Gasteiger partial charge in [0.2, 0.25) is 0 Å². The molecule has 2 heterocycles. The molecule has 0 fully saturated rings. The van der Waals surface area contributed by atoms with Gasteiger partial charge >= 0.3 is 0 Å². The molecule has 0 bridgehead atoms. The van der Waals surface area contributed by atoms with E-state index in [0.29, 0.717) is 6.04 Å². The standard InChI is InChI=1S/C14H21N3O/c1-4-12-9-13(17(3)16-12)10-15-11(2)8-14-6-5-7-18-14/h5-7,9,11,15H,4,8,10H2,1-3H3. The Morgan fingerprint density at radius 2 is 2.33 bits per heavy atom. The summed E-state index contributed by atoms with van der Waals surface area (Å²) in [6, 6.07) is 6.48. The van der Waals surface area contributed by atoms with Crippen molar-refractivity contribution in [2.75, 3.05) is 0 Å². The molecule has 0 aliphatic rings. The largest absolute Gasteiger partial charge is 0.469 e. The lowest BCUT2D eigenvalue weighted by Crippen LogP contribution is -2.28. The highest BCUT2D eigenvalue weighted by atomic mass is 16.3. The van der Waals surface area contributed by atoms with E-state index < -0.39 is 0 Å². The van der Waals surface area contributed by atoms with E-state index in [1.165, 1.54) is 5.69 Å². The molecule has 0 amide bonds. The van der Waals surface area contributed by atoms with Crippen molar-refractivity contribution in [1.29, 1.82) is 0 Å². The van der Waals surface area contributed by atoms with Gasteiger partial charge in [-0.15, -0.1) is 0 Å². The predicted molar refractivity (Wildman–Crippen MR) is 71.3 cm³/mol. The van der Waals surface area contributed by atoms with Crippen molar-refractivity contribution in [3.63, 3.8) is 0 Å². The SMILES string of the molecule is CCc1cc(CNC(C)Cc2ccco2)n(C)n1. The molecule has 0 saturated heterocycles. The van der Waals surface area contributed by atoms with E-state index in [-0.39, 0.29) is 0 Å². The second-order valence-corrected chi connectivity index (χ2v) is 4.67. The number of aryl methyl sites for hydroxylation is 2. The van der Waals surface area contributed by atoms with Crippen LogP contribution in [0.4, 0.5) is 0 Å². The number of hydrogen-bond acceptors (Lipinski definition) is 3. The van der Waals surface area contributed by atoms with Crippen LogP contribution in [0, 0.1) is 0 Å². The van der Waals surface area contributed by atoms with E-state index >= 15 is 0 Å². The van der Waals surface area contributed by atoms with E-state index in [4.69, 9.17) is 4.42 Å². The van der Waals surface area contributed by atoms with Crippen LogP contribution >= 0.6 is 0 Å². The van der Waals surface area contributed by atoms with Gasteiger partial charge in [-0.05, 0) is 31.5 Å². The first-order valence-electron chi connectivity index (χ1n) is 6.46. The molecule has 1 atom stereocenters. The fourth-order valence-electron chi connectivity index (χ4n) is 1.99. The normalized spacial score (nSPS) is 12.8. The van der Waals surface area contributed by atoms with Crippen molar-refractivity contribution in [3.05, 3.63) is 41.6 Å². The zero-order valence-electron chi connectivity index (χ0n) is 11.3. The first kappa shape index (κ1) is 12.9. The van der Waals surface area contributed by atoms with Crippen LogP contribution in [0.1, 0.15) is 31.0 Å². The van der Waals surface area contributed by atoms with Gasteiger partial charge in [-0.1, -0.05) is 6.92 Å². The second kappa shape index (κ2) is 5.87. The highest BCUT2D eigenvalue weighted by Crippen LogP contribution is 2.06. The van der Waals surface area contributed by atoms with Gasteiger partial charge in [-0.2, -0.15) is 5.10 Å². The molecule has 0 saturated carbocycles. The van der Waals surface area contributed by atoms with Crippen molar-refractivity contribution in [2.24, 2.45) is 7.05 Å². The molecule has 0 aromatic carbocycles. The number of nitrogens with zero attached hydrogens (tertiary/aromatic N) is 2. The lowest BCUT2D eigenvalue weighted by atomic mass is 10.2. The summed E-state index contributed by atoms with van der Waals surface area (Å²) < 4.78 is 7.29. The fraction of sp³-hybridized carbons (Fsp3) is 0.500. The Morgan fingerprint density at radius 1 is 1.50 bits per heavy atom.